The van der Waals surface area contributed by atoms with E-state index in [0.29, 0.717) is 19.3 Å². The van der Waals surface area contributed by atoms with Crippen LogP contribution in [0.3, 0.4) is 0 Å². The van der Waals surface area contributed by atoms with Crippen LogP contribution < -0.4 is 0 Å². The Hall–Kier alpha value is -1.59. The first-order chi connectivity index (χ1) is 28.1. The van der Waals surface area contributed by atoms with Gasteiger partial charge in [-0.15, -0.1) is 0 Å². The highest BCUT2D eigenvalue weighted by Gasteiger charge is 2.19. The first-order valence-electron chi connectivity index (χ1n) is 25.6. The topological polar surface area (TPSA) is 78.9 Å². The molecule has 0 fully saturated rings. The summed E-state index contributed by atoms with van der Waals surface area (Å²) in [6.07, 6.45) is 42.7. The van der Waals surface area contributed by atoms with Gasteiger partial charge in [-0.25, -0.2) is 0 Å². The zero-order valence-electron chi connectivity index (χ0n) is 39.8. The monoisotopic (exact) mass is 821 g/mol. The smallest absolute Gasteiger partial charge is 0.306 e. The van der Waals surface area contributed by atoms with Crippen molar-refractivity contribution in [1.82, 2.24) is 0 Å². The summed E-state index contributed by atoms with van der Waals surface area (Å²) in [7, 11) is 0. The van der Waals surface area contributed by atoms with E-state index in [1.165, 1.54) is 161 Å². The van der Waals surface area contributed by atoms with Gasteiger partial charge in [0.1, 0.15) is 13.2 Å². The molecule has 0 bridgehead atoms. The van der Waals surface area contributed by atoms with Gasteiger partial charge in [-0.05, 0) is 37.0 Å². The number of unbranched alkanes of at least 4 members (excludes halogenated alkanes) is 27. The number of carbonyl (C=O) groups excluding carboxylic acids is 3. The maximum absolute atomic E-state index is 12.7. The van der Waals surface area contributed by atoms with Crippen LogP contribution in [0, 0.1) is 17.8 Å². The van der Waals surface area contributed by atoms with Crippen LogP contribution in [-0.2, 0) is 28.6 Å². The Morgan fingerprint density at radius 2 is 0.603 bits per heavy atom. The fourth-order valence-electron chi connectivity index (χ4n) is 7.73. The highest BCUT2D eigenvalue weighted by molar-refractivity contribution is 5.71. The Morgan fingerprint density at radius 3 is 0.897 bits per heavy atom. The zero-order valence-corrected chi connectivity index (χ0v) is 39.8. The van der Waals surface area contributed by atoms with Crippen LogP contribution in [0.25, 0.3) is 0 Å². The first kappa shape index (κ1) is 56.4. The molecule has 1 unspecified atom stereocenters. The van der Waals surface area contributed by atoms with Crippen LogP contribution >= 0.6 is 0 Å². The van der Waals surface area contributed by atoms with Gasteiger partial charge in [0.15, 0.2) is 6.10 Å². The van der Waals surface area contributed by atoms with Crippen LogP contribution in [0.2, 0.25) is 0 Å². The Bertz CT molecular complexity index is 900. The predicted molar refractivity (Wildman–Crippen MR) is 247 cm³/mol. The number of hydrogen-bond acceptors (Lipinski definition) is 6. The molecule has 0 aromatic heterocycles. The Balaban J connectivity index is 4.12. The van der Waals surface area contributed by atoms with Crippen molar-refractivity contribution < 1.29 is 28.6 Å². The number of rotatable bonds is 45. The van der Waals surface area contributed by atoms with Gasteiger partial charge in [0.2, 0.25) is 0 Å². The van der Waals surface area contributed by atoms with Crippen LogP contribution in [-0.4, -0.2) is 37.2 Å². The summed E-state index contributed by atoms with van der Waals surface area (Å²) in [5, 5.41) is 0. The quantitative estimate of drug-likeness (QED) is 0.0346. The Kier molecular flexibility index (Phi) is 42.3. The molecule has 0 N–H and O–H groups in total. The fraction of sp³-hybridized carbons (Fsp3) is 0.942. The summed E-state index contributed by atoms with van der Waals surface area (Å²) in [6, 6.07) is 0. The molecule has 6 nitrogen and oxygen atoms in total. The Morgan fingerprint density at radius 1 is 0.345 bits per heavy atom. The standard InChI is InChI=1S/C52H100O6/c1-7-48(6)40-34-28-20-18-16-14-12-10-8-9-11-13-15-17-19-21-29-35-41-50(53)56-44-49(58-52(55)43-37-31-25-23-27-33-39-47(4)5)45-57-51(54)42-36-30-24-22-26-32-38-46(2)3/h46-49H,7-45H2,1-6H3/t48?,49-/m1/s1. The van der Waals surface area contributed by atoms with Crippen molar-refractivity contribution >= 4 is 17.9 Å². The van der Waals surface area contributed by atoms with E-state index in [4.69, 9.17) is 14.2 Å². The Labute approximate surface area is 361 Å². The lowest BCUT2D eigenvalue weighted by Gasteiger charge is -2.18. The number of esters is 3. The molecular weight excluding hydrogens is 721 g/mol. The van der Waals surface area contributed by atoms with E-state index in [2.05, 4.69) is 41.5 Å². The predicted octanol–water partition coefficient (Wildman–Crippen LogP) is 16.4. The zero-order chi connectivity index (χ0) is 42.7. The summed E-state index contributed by atoms with van der Waals surface area (Å²) in [5.74, 6) is 1.57. The van der Waals surface area contributed by atoms with Crippen molar-refractivity contribution in [2.75, 3.05) is 13.2 Å². The first-order valence-corrected chi connectivity index (χ1v) is 25.6. The minimum Gasteiger partial charge on any atom is -0.462 e. The maximum Gasteiger partial charge on any atom is 0.306 e. The summed E-state index contributed by atoms with van der Waals surface area (Å²) < 4.78 is 16.7. The molecule has 0 aliphatic rings. The average molecular weight is 821 g/mol. The molecule has 0 heterocycles. The van der Waals surface area contributed by atoms with E-state index < -0.39 is 6.10 Å². The van der Waals surface area contributed by atoms with E-state index in [0.717, 1.165) is 75.5 Å². The molecule has 6 heteroatoms. The van der Waals surface area contributed by atoms with Crippen molar-refractivity contribution in [3.8, 4) is 0 Å². The van der Waals surface area contributed by atoms with Crippen LogP contribution in [0.4, 0.5) is 0 Å². The van der Waals surface area contributed by atoms with Crippen LogP contribution in [0.5, 0.6) is 0 Å². The number of hydrogen-bond donors (Lipinski definition) is 0. The molecule has 0 spiro atoms. The molecule has 2 atom stereocenters. The largest absolute Gasteiger partial charge is 0.462 e. The van der Waals surface area contributed by atoms with E-state index in [-0.39, 0.29) is 31.1 Å². The molecule has 0 rings (SSSR count). The average Bonchev–Trinajstić information content (AvgIpc) is 3.19. The summed E-state index contributed by atoms with van der Waals surface area (Å²) >= 11 is 0. The second-order valence-electron chi connectivity index (χ2n) is 19.0. The summed E-state index contributed by atoms with van der Waals surface area (Å²) in [6.45, 7) is 13.6. The van der Waals surface area contributed by atoms with Crippen LogP contribution in [0.1, 0.15) is 279 Å². The molecule has 0 radical (unpaired) electrons. The van der Waals surface area contributed by atoms with Gasteiger partial charge in [0.25, 0.3) is 0 Å². The highest BCUT2D eigenvalue weighted by atomic mass is 16.6. The molecule has 0 aliphatic carbocycles. The maximum atomic E-state index is 12.7. The van der Waals surface area contributed by atoms with Crippen molar-refractivity contribution in [1.29, 1.82) is 0 Å². The second kappa shape index (κ2) is 43.5. The van der Waals surface area contributed by atoms with Gasteiger partial charge in [0.05, 0.1) is 0 Å². The lowest BCUT2D eigenvalue weighted by molar-refractivity contribution is -0.167. The molecule has 0 amide bonds. The molecule has 0 aromatic rings. The number of ether oxygens (including phenoxy) is 3. The number of carbonyl (C=O) groups is 3. The van der Waals surface area contributed by atoms with Crippen molar-refractivity contribution in [3.63, 3.8) is 0 Å². The van der Waals surface area contributed by atoms with Crippen LogP contribution in [0.15, 0.2) is 0 Å². The molecular formula is C52H100O6. The van der Waals surface area contributed by atoms with Crippen molar-refractivity contribution in [2.24, 2.45) is 17.8 Å². The SMILES string of the molecule is CCC(C)CCCCCCCCCCCCCCCCCCCCC(=O)OC[C@H](COC(=O)CCCCCCCCC(C)C)OC(=O)CCCCCCCCC(C)C. The molecule has 0 aliphatic heterocycles. The van der Waals surface area contributed by atoms with E-state index >= 15 is 0 Å². The highest BCUT2D eigenvalue weighted by Crippen LogP contribution is 2.18. The third kappa shape index (κ3) is 44.0. The fourth-order valence-corrected chi connectivity index (χ4v) is 7.73. The molecule has 344 valence electrons. The third-order valence-corrected chi connectivity index (χ3v) is 12.0. The molecule has 0 saturated heterocycles. The third-order valence-electron chi connectivity index (χ3n) is 12.0. The summed E-state index contributed by atoms with van der Waals surface area (Å²) in [4.78, 5) is 37.7. The van der Waals surface area contributed by atoms with Gasteiger partial charge in [-0.3, -0.25) is 14.4 Å². The molecule has 0 aromatic carbocycles. The van der Waals surface area contributed by atoms with E-state index in [1.807, 2.05) is 0 Å². The minimum absolute atomic E-state index is 0.0666. The molecule has 58 heavy (non-hydrogen) atoms. The minimum atomic E-state index is -0.763. The second-order valence-corrected chi connectivity index (χ2v) is 19.0. The van der Waals surface area contributed by atoms with E-state index in [9.17, 15) is 14.4 Å². The van der Waals surface area contributed by atoms with Crippen molar-refractivity contribution in [3.05, 3.63) is 0 Å². The van der Waals surface area contributed by atoms with Gasteiger partial charge < -0.3 is 14.2 Å². The van der Waals surface area contributed by atoms with Gasteiger partial charge in [-0.1, -0.05) is 241 Å². The van der Waals surface area contributed by atoms with Crippen molar-refractivity contribution in [2.45, 2.75) is 285 Å². The summed E-state index contributed by atoms with van der Waals surface area (Å²) in [5.41, 5.74) is 0. The van der Waals surface area contributed by atoms with Gasteiger partial charge in [-0.2, -0.15) is 0 Å². The molecule has 0 saturated carbocycles. The van der Waals surface area contributed by atoms with Gasteiger partial charge >= 0.3 is 17.9 Å². The normalized spacial score (nSPS) is 12.6. The lowest BCUT2D eigenvalue weighted by Crippen LogP contribution is -2.30. The van der Waals surface area contributed by atoms with E-state index in [1.54, 1.807) is 0 Å². The van der Waals surface area contributed by atoms with Gasteiger partial charge in [0, 0.05) is 19.3 Å². The lowest BCUT2D eigenvalue weighted by atomic mass is 9.99.